The van der Waals surface area contributed by atoms with E-state index >= 15 is 0 Å². The van der Waals surface area contributed by atoms with Crippen molar-refractivity contribution in [2.24, 2.45) is 5.11 Å². The highest BCUT2D eigenvalue weighted by Crippen LogP contribution is 2.19. The molecule has 1 aromatic heterocycles. The summed E-state index contributed by atoms with van der Waals surface area (Å²) < 4.78 is 0. The highest BCUT2D eigenvalue weighted by molar-refractivity contribution is 5.82. The third-order valence-electron chi connectivity index (χ3n) is 2.85. The van der Waals surface area contributed by atoms with Crippen LogP contribution >= 0.6 is 0 Å². The smallest absolute Gasteiger partial charge is 0.0608 e. The predicted molar refractivity (Wildman–Crippen MR) is 66.6 cm³/mol. The van der Waals surface area contributed by atoms with Crippen LogP contribution in [-0.2, 0) is 6.42 Å². The van der Waals surface area contributed by atoms with E-state index in [9.17, 15) is 0 Å². The van der Waals surface area contributed by atoms with Crippen molar-refractivity contribution in [2.45, 2.75) is 18.9 Å². The van der Waals surface area contributed by atoms with E-state index in [1.54, 1.807) is 0 Å². The number of aliphatic hydroxyl groups excluding tert-OH is 1. The number of rotatable bonds is 5. The number of para-hydroxylation sites is 1. The van der Waals surface area contributed by atoms with Crippen molar-refractivity contribution in [3.8, 4) is 0 Å². The molecule has 0 spiro atoms. The Hall–Kier alpha value is -1.97. The molecule has 17 heavy (non-hydrogen) atoms. The van der Waals surface area contributed by atoms with Crippen LogP contribution < -0.4 is 0 Å². The van der Waals surface area contributed by atoms with Gasteiger partial charge in [0.15, 0.2) is 0 Å². The number of aliphatic hydroxyl groups is 1. The lowest BCUT2D eigenvalue weighted by atomic mass is 10.1. The summed E-state index contributed by atoms with van der Waals surface area (Å²) in [5.74, 6) is 0. The standard InChI is InChI=1S/C12H14N4O/c13-16-15-10(8-17)6-5-9-7-14-12-4-2-1-3-11(9)12/h1-4,7,10,14,17H,5-6,8H2. The van der Waals surface area contributed by atoms with Crippen LogP contribution in [-0.4, -0.2) is 22.7 Å². The maximum atomic E-state index is 9.03. The molecule has 1 aromatic carbocycles. The molecule has 0 aliphatic rings. The molecule has 2 rings (SSSR count). The molecule has 0 radical (unpaired) electrons. The van der Waals surface area contributed by atoms with Gasteiger partial charge in [0.2, 0.25) is 0 Å². The van der Waals surface area contributed by atoms with Crippen molar-refractivity contribution < 1.29 is 5.11 Å². The van der Waals surface area contributed by atoms with E-state index in [1.807, 2.05) is 24.4 Å². The third-order valence-corrected chi connectivity index (χ3v) is 2.85. The maximum Gasteiger partial charge on any atom is 0.0608 e. The normalized spacial score (nSPS) is 12.3. The zero-order chi connectivity index (χ0) is 12.1. The number of benzene rings is 1. The van der Waals surface area contributed by atoms with Gasteiger partial charge in [-0.1, -0.05) is 23.3 Å². The first-order chi connectivity index (χ1) is 8.35. The van der Waals surface area contributed by atoms with Gasteiger partial charge in [-0.3, -0.25) is 0 Å². The van der Waals surface area contributed by atoms with E-state index in [1.165, 1.54) is 10.9 Å². The number of nitrogens with zero attached hydrogens (tertiary/aromatic N) is 3. The number of hydrogen-bond acceptors (Lipinski definition) is 2. The number of H-pyrrole nitrogens is 1. The summed E-state index contributed by atoms with van der Waals surface area (Å²) in [6, 6.07) is 7.72. The monoisotopic (exact) mass is 230 g/mol. The third kappa shape index (κ3) is 2.58. The molecule has 2 N–H and O–H groups in total. The number of fused-ring (bicyclic) bond motifs is 1. The molecule has 0 bridgehead atoms. The van der Waals surface area contributed by atoms with Crippen LogP contribution in [0.2, 0.25) is 0 Å². The van der Waals surface area contributed by atoms with Crippen LogP contribution in [0.25, 0.3) is 21.3 Å². The van der Waals surface area contributed by atoms with Gasteiger partial charge >= 0.3 is 0 Å². The van der Waals surface area contributed by atoms with Crippen molar-refractivity contribution in [2.75, 3.05) is 6.61 Å². The van der Waals surface area contributed by atoms with Gasteiger partial charge in [0.05, 0.1) is 12.6 Å². The molecule has 5 nitrogen and oxygen atoms in total. The number of azide groups is 1. The Bertz CT molecular complexity index is 542. The predicted octanol–water partition coefficient (Wildman–Crippen LogP) is 2.77. The first-order valence-corrected chi connectivity index (χ1v) is 5.55. The molecule has 0 aliphatic heterocycles. The van der Waals surface area contributed by atoms with E-state index in [4.69, 9.17) is 10.6 Å². The summed E-state index contributed by atoms with van der Waals surface area (Å²) in [5.41, 5.74) is 10.6. The number of aromatic nitrogens is 1. The zero-order valence-electron chi connectivity index (χ0n) is 9.37. The van der Waals surface area contributed by atoms with Gasteiger partial charge in [-0.25, -0.2) is 0 Å². The first kappa shape index (κ1) is 11.5. The Morgan fingerprint density at radius 3 is 3.00 bits per heavy atom. The molecule has 1 atom stereocenters. The molecule has 0 amide bonds. The molecular weight excluding hydrogens is 216 g/mol. The van der Waals surface area contributed by atoms with E-state index < -0.39 is 0 Å². The van der Waals surface area contributed by atoms with Crippen LogP contribution in [0, 0.1) is 0 Å². The van der Waals surface area contributed by atoms with E-state index in [0.717, 1.165) is 11.9 Å². The van der Waals surface area contributed by atoms with Crippen molar-refractivity contribution in [1.29, 1.82) is 0 Å². The number of nitrogens with one attached hydrogen (secondary N) is 1. The van der Waals surface area contributed by atoms with Gasteiger partial charge in [0.1, 0.15) is 0 Å². The highest BCUT2D eigenvalue weighted by atomic mass is 16.3. The summed E-state index contributed by atoms with van der Waals surface area (Å²) in [7, 11) is 0. The number of aromatic amines is 1. The van der Waals surface area contributed by atoms with Crippen LogP contribution in [0.3, 0.4) is 0 Å². The first-order valence-electron chi connectivity index (χ1n) is 5.55. The van der Waals surface area contributed by atoms with Gasteiger partial charge in [-0.05, 0) is 30.0 Å². The minimum absolute atomic E-state index is 0.105. The quantitative estimate of drug-likeness (QED) is 0.462. The molecule has 2 aromatic rings. The molecule has 0 saturated carbocycles. The summed E-state index contributed by atoms with van der Waals surface area (Å²) in [4.78, 5) is 5.92. The van der Waals surface area contributed by atoms with Crippen LogP contribution in [0.5, 0.6) is 0 Å². The second kappa shape index (κ2) is 5.39. The number of hydrogen-bond donors (Lipinski definition) is 2. The summed E-state index contributed by atoms with van der Waals surface area (Å²) in [6.45, 7) is -0.105. The number of aryl methyl sites for hydroxylation is 1. The molecule has 5 heteroatoms. The van der Waals surface area contributed by atoms with Gasteiger partial charge < -0.3 is 10.1 Å². The van der Waals surface area contributed by atoms with E-state index in [-0.39, 0.29) is 12.6 Å². The molecule has 1 unspecified atom stereocenters. The fraction of sp³-hybridized carbons (Fsp3) is 0.333. The fourth-order valence-corrected chi connectivity index (χ4v) is 1.92. The lowest BCUT2D eigenvalue weighted by Gasteiger charge is -2.06. The topological polar surface area (TPSA) is 84.8 Å². The van der Waals surface area contributed by atoms with Gasteiger partial charge in [0, 0.05) is 22.0 Å². The lowest BCUT2D eigenvalue weighted by molar-refractivity contribution is 0.260. The lowest BCUT2D eigenvalue weighted by Crippen LogP contribution is -2.10. The second-order valence-electron chi connectivity index (χ2n) is 3.94. The van der Waals surface area contributed by atoms with Crippen LogP contribution in [0.15, 0.2) is 35.6 Å². The Morgan fingerprint density at radius 2 is 2.24 bits per heavy atom. The minimum atomic E-state index is -0.339. The van der Waals surface area contributed by atoms with E-state index in [2.05, 4.69) is 21.1 Å². The zero-order valence-corrected chi connectivity index (χ0v) is 9.37. The molecular formula is C12H14N4O. The molecule has 0 fully saturated rings. The minimum Gasteiger partial charge on any atom is -0.396 e. The molecule has 0 saturated heterocycles. The average Bonchev–Trinajstić information content (AvgIpc) is 2.78. The maximum absolute atomic E-state index is 9.03. The average molecular weight is 230 g/mol. The van der Waals surface area contributed by atoms with Crippen molar-refractivity contribution in [3.05, 3.63) is 46.5 Å². The summed E-state index contributed by atoms with van der Waals surface area (Å²) >= 11 is 0. The Balaban J connectivity index is 2.11. The van der Waals surface area contributed by atoms with Gasteiger partial charge in [0.25, 0.3) is 0 Å². The van der Waals surface area contributed by atoms with Crippen molar-refractivity contribution in [3.63, 3.8) is 0 Å². The summed E-state index contributed by atoms with van der Waals surface area (Å²) in [6.07, 6.45) is 3.41. The summed E-state index contributed by atoms with van der Waals surface area (Å²) in [5, 5.41) is 13.8. The molecule has 1 heterocycles. The van der Waals surface area contributed by atoms with Gasteiger partial charge in [-0.15, -0.1) is 0 Å². The molecule has 0 aliphatic carbocycles. The van der Waals surface area contributed by atoms with Gasteiger partial charge in [-0.2, -0.15) is 0 Å². The second-order valence-corrected chi connectivity index (χ2v) is 3.94. The van der Waals surface area contributed by atoms with Crippen LogP contribution in [0.1, 0.15) is 12.0 Å². The molecule has 88 valence electrons. The van der Waals surface area contributed by atoms with Crippen molar-refractivity contribution >= 4 is 10.9 Å². The highest BCUT2D eigenvalue weighted by Gasteiger charge is 2.07. The Kier molecular flexibility index (Phi) is 3.65. The fourth-order valence-electron chi connectivity index (χ4n) is 1.92. The van der Waals surface area contributed by atoms with Crippen molar-refractivity contribution in [1.82, 2.24) is 4.98 Å². The largest absolute Gasteiger partial charge is 0.396 e. The Labute approximate surface area is 98.7 Å². The van der Waals surface area contributed by atoms with E-state index in [0.29, 0.717) is 6.42 Å². The SMILES string of the molecule is [N-]=[N+]=NC(CO)CCc1c[nH]c2ccccc12. The van der Waals surface area contributed by atoms with Crippen LogP contribution in [0.4, 0.5) is 0 Å². The Morgan fingerprint density at radius 1 is 1.41 bits per heavy atom.